The lowest BCUT2D eigenvalue weighted by atomic mass is 10.1. The number of aromatic nitrogens is 1. The monoisotopic (exact) mass is 355 g/mol. The molecule has 0 unspecified atom stereocenters. The van der Waals surface area contributed by atoms with Crippen molar-refractivity contribution in [2.24, 2.45) is 0 Å². The summed E-state index contributed by atoms with van der Waals surface area (Å²) in [6.07, 6.45) is 4.15. The molecule has 0 atom stereocenters. The first-order chi connectivity index (χ1) is 12.6. The summed E-state index contributed by atoms with van der Waals surface area (Å²) in [4.78, 5) is 27.5. The first-order valence-electron chi connectivity index (χ1n) is 8.72. The summed E-state index contributed by atoms with van der Waals surface area (Å²) in [6, 6.07) is 9.41. The highest BCUT2D eigenvalue weighted by Crippen LogP contribution is 2.22. The van der Waals surface area contributed by atoms with Crippen LogP contribution in [0.25, 0.3) is 0 Å². The summed E-state index contributed by atoms with van der Waals surface area (Å²) < 4.78 is 5.78. The normalized spacial score (nSPS) is 10.2. The van der Waals surface area contributed by atoms with E-state index in [1.807, 2.05) is 32.0 Å². The second-order valence-electron chi connectivity index (χ2n) is 6.02. The number of nitrogens with one attached hydrogen (secondary N) is 2. The van der Waals surface area contributed by atoms with Crippen LogP contribution in [0.5, 0.6) is 5.75 Å². The Labute approximate surface area is 154 Å². The van der Waals surface area contributed by atoms with Crippen molar-refractivity contribution < 1.29 is 14.3 Å². The van der Waals surface area contributed by atoms with Gasteiger partial charge in [-0.1, -0.05) is 18.2 Å². The van der Waals surface area contributed by atoms with Gasteiger partial charge in [0.1, 0.15) is 5.75 Å². The van der Waals surface area contributed by atoms with Crippen molar-refractivity contribution in [2.75, 3.05) is 19.7 Å². The molecule has 1 aromatic carbocycles. The molecule has 6 heteroatoms. The molecule has 2 aromatic rings. The predicted octanol–water partition coefficient (Wildman–Crippen LogP) is 2.40. The maximum absolute atomic E-state index is 11.8. The Hall–Kier alpha value is -2.89. The molecule has 0 spiro atoms. The highest BCUT2D eigenvalue weighted by atomic mass is 16.5. The minimum Gasteiger partial charge on any atom is -0.493 e. The van der Waals surface area contributed by atoms with E-state index in [9.17, 15) is 9.59 Å². The van der Waals surface area contributed by atoms with Crippen molar-refractivity contribution in [1.29, 1.82) is 0 Å². The average Bonchev–Trinajstić information content (AvgIpc) is 2.64. The van der Waals surface area contributed by atoms with E-state index in [0.29, 0.717) is 38.1 Å². The van der Waals surface area contributed by atoms with E-state index in [1.54, 1.807) is 18.3 Å². The number of nitrogens with zero attached hydrogens (tertiary/aromatic N) is 1. The number of rotatable bonds is 9. The maximum Gasteiger partial charge on any atom is 0.252 e. The third kappa shape index (κ3) is 6.20. The molecule has 0 saturated heterocycles. The van der Waals surface area contributed by atoms with Crippen molar-refractivity contribution >= 4 is 11.8 Å². The second kappa shape index (κ2) is 10.2. The van der Waals surface area contributed by atoms with Crippen LogP contribution in [-0.2, 0) is 4.79 Å². The molecule has 2 amide bonds. The SMILES string of the molecule is Cc1cccc(C)c1OCCCC(=O)NCCNC(=O)c1cccnc1. The zero-order valence-electron chi connectivity index (χ0n) is 15.2. The van der Waals surface area contributed by atoms with E-state index in [1.165, 1.54) is 6.20 Å². The molecule has 0 aliphatic heterocycles. The van der Waals surface area contributed by atoms with Crippen LogP contribution in [0.15, 0.2) is 42.7 Å². The van der Waals surface area contributed by atoms with E-state index in [4.69, 9.17) is 4.74 Å². The van der Waals surface area contributed by atoms with Crippen molar-refractivity contribution in [3.63, 3.8) is 0 Å². The molecule has 1 aromatic heterocycles. The minimum atomic E-state index is -0.200. The van der Waals surface area contributed by atoms with E-state index in [2.05, 4.69) is 15.6 Å². The Kier molecular flexibility index (Phi) is 7.61. The van der Waals surface area contributed by atoms with Crippen molar-refractivity contribution in [2.45, 2.75) is 26.7 Å². The molecule has 6 nitrogen and oxygen atoms in total. The van der Waals surface area contributed by atoms with Gasteiger partial charge in [0, 0.05) is 31.9 Å². The largest absolute Gasteiger partial charge is 0.493 e. The number of para-hydroxylation sites is 1. The van der Waals surface area contributed by atoms with E-state index in [0.717, 1.165) is 16.9 Å². The second-order valence-corrected chi connectivity index (χ2v) is 6.02. The molecule has 1 heterocycles. The van der Waals surface area contributed by atoms with Crippen LogP contribution in [0.1, 0.15) is 34.3 Å². The Bertz CT molecular complexity index is 712. The van der Waals surface area contributed by atoms with Crippen molar-refractivity contribution in [3.8, 4) is 5.75 Å². The molecule has 26 heavy (non-hydrogen) atoms. The smallest absolute Gasteiger partial charge is 0.252 e. The molecule has 2 rings (SSSR count). The standard InChI is InChI=1S/C20H25N3O3/c1-15-6-3-7-16(2)19(15)26-13-5-9-18(24)22-11-12-23-20(25)17-8-4-10-21-14-17/h3-4,6-8,10,14H,5,9,11-13H2,1-2H3,(H,22,24)(H,23,25). The van der Waals surface area contributed by atoms with Gasteiger partial charge in [-0.05, 0) is 43.5 Å². The highest BCUT2D eigenvalue weighted by molar-refractivity contribution is 5.93. The molecule has 0 radical (unpaired) electrons. The van der Waals surface area contributed by atoms with Crippen molar-refractivity contribution in [3.05, 3.63) is 59.4 Å². The summed E-state index contributed by atoms with van der Waals surface area (Å²) in [5.41, 5.74) is 2.69. The molecular weight excluding hydrogens is 330 g/mol. The number of benzene rings is 1. The van der Waals surface area contributed by atoms with Gasteiger partial charge in [-0.15, -0.1) is 0 Å². The van der Waals surface area contributed by atoms with Gasteiger partial charge in [-0.25, -0.2) is 0 Å². The number of carbonyl (C=O) groups excluding carboxylic acids is 2. The van der Waals surface area contributed by atoms with Gasteiger partial charge in [-0.2, -0.15) is 0 Å². The van der Waals surface area contributed by atoms with E-state index in [-0.39, 0.29) is 11.8 Å². The fraction of sp³-hybridized carbons (Fsp3) is 0.350. The van der Waals surface area contributed by atoms with E-state index < -0.39 is 0 Å². The fourth-order valence-corrected chi connectivity index (χ4v) is 2.50. The zero-order chi connectivity index (χ0) is 18.8. The van der Waals surface area contributed by atoms with Crippen LogP contribution in [0.3, 0.4) is 0 Å². The Morgan fingerprint density at radius 1 is 1.04 bits per heavy atom. The van der Waals surface area contributed by atoms with Crippen LogP contribution < -0.4 is 15.4 Å². The molecule has 0 aliphatic carbocycles. The molecule has 0 fully saturated rings. The fourth-order valence-electron chi connectivity index (χ4n) is 2.50. The van der Waals surface area contributed by atoms with Gasteiger partial charge in [0.2, 0.25) is 5.91 Å². The number of aryl methyl sites for hydroxylation is 2. The van der Waals surface area contributed by atoms with Crippen LogP contribution in [0, 0.1) is 13.8 Å². The Balaban J connectivity index is 1.57. The van der Waals surface area contributed by atoms with Gasteiger partial charge in [0.05, 0.1) is 12.2 Å². The number of hydrogen-bond acceptors (Lipinski definition) is 4. The molecule has 0 bridgehead atoms. The highest BCUT2D eigenvalue weighted by Gasteiger charge is 2.06. The maximum atomic E-state index is 11.8. The number of pyridine rings is 1. The van der Waals surface area contributed by atoms with Gasteiger partial charge >= 0.3 is 0 Å². The molecule has 2 N–H and O–H groups in total. The van der Waals surface area contributed by atoms with Gasteiger partial charge in [0.25, 0.3) is 5.91 Å². The third-order valence-corrected chi connectivity index (χ3v) is 3.86. The Morgan fingerprint density at radius 2 is 1.77 bits per heavy atom. The number of hydrogen-bond donors (Lipinski definition) is 2. The van der Waals surface area contributed by atoms with Crippen LogP contribution in [0.2, 0.25) is 0 Å². The van der Waals surface area contributed by atoms with Gasteiger partial charge in [-0.3, -0.25) is 14.6 Å². The molecular formula is C20H25N3O3. The summed E-state index contributed by atoms with van der Waals surface area (Å²) in [5.74, 6) is 0.645. The molecule has 0 aliphatic rings. The third-order valence-electron chi connectivity index (χ3n) is 3.86. The summed E-state index contributed by atoms with van der Waals surface area (Å²) in [7, 11) is 0. The quantitative estimate of drug-likeness (QED) is 0.677. The summed E-state index contributed by atoms with van der Waals surface area (Å²) in [5, 5.41) is 5.52. The average molecular weight is 355 g/mol. The number of ether oxygens (including phenoxy) is 1. The number of carbonyl (C=O) groups is 2. The molecule has 138 valence electrons. The van der Waals surface area contributed by atoms with Crippen LogP contribution >= 0.6 is 0 Å². The summed E-state index contributed by atoms with van der Waals surface area (Å²) in [6.45, 7) is 5.28. The zero-order valence-corrected chi connectivity index (χ0v) is 15.2. The van der Waals surface area contributed by atoms with E-state index >= 15 is 0 Å². The van der Waals surface area contributed by atoms with Crippen LogP contribution in [0.4, 0.5) is 0 Å². The lowest BCUT2D eigenvalue weighted by molar-refractivity contribution is -0.121. The topological polar surface area (TPSA) is 80.3 Å². The summed E-state index contributed by atoms with van der Waals surface area (Å²) >= 11 is 0. The van der Waals surface area contributed by atoms with Gasteiger partial charge in [0.15, 0.2) is 0 Å². The molecule has 0 saturated carbocycles. The number of amides is 2. The Morgan fingerprint density at radius 3 is 2.46 bits per heavy atom. The lowest BCUT2D eigenvalue weighted by Crippen LogP contribution is -2.34. The predicted molar refractivity (Wildman–Crippen MR) is 100 cm³/mol. The first kappa shape index (κ1) is 19.4. The van der Waals surface area contributed by atoms with Gasteiger partial charge < -0.3 is 15.4 Å². The first-order valence-corrected chi connectivity index (χ1v) is 8.72. The van der Waals surface area contributed by atoms with Crippen molar-refractivity contribution in [1.82, 2.24) is 15.6 Å². The lowest BCUT2D eigenvalue weighted by Gasteiger charge is -2.12. The van der Waals surface area contributed by atoms with Crippen LogP contribution in [-0.4, -0.2) is 36.5 Å². The minimum absolute atomic E-state index is 0.0502.